The van der Waals surface area contributed by atoms with E-state index in [1.54, 1.807) is 0 Å². The summed E-state index contributed by atoms with van der Waals surface area (Å²) in [6.07, 6.45) is 0. The maximum Gasteiger partial charge on any atom is 0.0717 e. The van der Waals surface area contributed by atoms with Crippen LogP contribution in [0.4, 0.5) is 5.69 Å². The lowest BCUT2D eigenvalue weighted by atomic mass is 9.82. The van der Waals surface area contributed by atoms with Gasteiger partial charge < -0.3 is 0 Å². The number of hydrogen-bond donors (Lipinski definition) is 0. The van der Waals surface area contributed by atoms with Crippen LogP contribution in [-0.4, -0.2) is 5.71 Å². The molecule has 57 heavy (non-hydrogen) atoms. The van der Waals surface area contributed by atoms with Crippen molar-refractivity contribution < 1.29 is 0 Å². The molecule has 0 amide bonds. The Bertz CT molecular complexity index is 3310. The fourth-order valence-electron chi connectivity index (χ4n) is 9.28. The average molecular weight is 724 g/mol. The molecule has 1 nitrogen and oxygen atoms in total. The van der Waals surface area contributed by atoms with E-state index in [9.17, 15) is 0 Å². The summed E-state index contributed by atoms with van der Waals surface area (Å²) in [5.74, 6) is 0. The molecule has 1 heterocycles. The van der Waals surface area contributed by atoms with E-state index in [1.165, 1.54) is 76.5 Å². The summed E-state index contributed by atoms with van der Waals surface area (Å²) in [5, 5.41) is 9.91. The largest absolute Gasteiger partial charge is 0.252 e. The third-order valence-electron chi connectivity index (χ3n) is 11.9. The molecule has 0 bridgehead atoms. The fourth-order valence-corrected chi connectivity index (χ4v) is 9.28. The summed E-state index contributed by atoms with van der Waals surface area (Å²) in [6, 6.07) is 70.8. The molecule has 0 spiro atoms. The van der Waals surface area contributed by atoms with E-state index >= 15 is 0 Å². The predicted octanol–water partition coefficient (Wildman–Crippen LogP) is 15.5. The Morgan fingerprint density at radius 3 is 1.42 bits per heavy atom. The van der Waals surface area contributed by atoms with Gasteiger partial charge in [-0.1, -0.05) is 189 Å². The van der Waals surface area contributed by atoms with Crippen molar-refractivity contribution in [1.29, 1.82) is 0 Å². The summed E-state index contributed by atoms with van der Waals surface area (Å²) >= 11 is 0. The zero-order valence-electron chi connectivity index (χ0n) is 31.6. The Morgan fingerprint density at radius 1 is 0.333 bits per heavy atom. The van der Waals surface area contributed by atoms with Gasteiger partial charge in [0, 0.05) is 16.8 Å². The van der Waals surface area contributed by atoms with Crippen LogP contribution in [0.15, 0.2) is 206 Å². The van der Waals surface area contributed by atoms with Gasteiger partial charge in [-0.2, -0.15) is 0 Å². The molecular formula is C56H37N. The summed E-state index contributed by atoms with van der Waals surface area (Å²) in [5.41, 5.74) is 15.8. The number of hydrogen-bond acceptors (Lipinski definition) is 1. The van der Waals surface area contributed by atoms with Crippen LogP contribution in [0.2, 0.25) is 0 Å². The van der Waals surface area contributed by atoms with Gasteiger partial charge in [-0.15, -0.1) is 0 Å². The quantitative estimate of drug-likeness (QED) is 0.161. The summed E-state index contributed by atoms with van der Waals surface area (Å²) in [6.45, 7) is 6.79. The monoisotopic (exact) mass is 723 g/mol. The van der Waals surface area contributed by atoms with Crippen LogP contribution in [0.25, 0.3) is 93.2 Å². The molecule has 10 aromatic rings. The second-order valence-corrected chi connectivity index (χ2v) is 15.1. The molecule has 0 fully saturated rings. The number of nitrogens with zero attached hydrogens (tertiary/aromatic N) is 1. The first kappa shape index (κ1) is 33.0. The molecule has 10 aromatic carbocycles. The lowest BCUT2D eigenvalue weighted by Crippen LogP contribution is -1.98. The van der Waals surface area contributed by atoms with Gasteiger partial charge in [0.05, 0.1) is 5.69 Å². The highest BCUT2D eigenvalue weighted by molar-refractivity contribution is 6.25. The third-order valence-corrected chi connectivity index (χ3v) is 11.9. The van der Waals surface area contributed by atoms with Gasteiger partial charge in [0.25, 0.3) is 0 Å². The Hall–Kier alpha value is -7.35. The van der Waals surface area contributed by atoms with Crippen molar-refractivity contribution in [3.8, 4) is 44.5 Å². The van der Waals surface area contributed by atoms with Crippen molar-refractivity contribution in [1.82, 2.24) is 0 Å². The van der Waals surface area contributed by atoms with Crippen molar-refractivity contribution >= 4 is 60.1 Å². The zero-order chi connectivity index (χ0) is 38.0. The minimum Gasteiger partial charge on any atom is -0.252 e. The fraction of sp³-hybridized carbons (Fsp3) is 0.0179. The van der Waals surface area contributed by atoms with E-state index in [-0.39, 0.29) is 0 Å². The van der Waals surface area contributed by atoms with Crippen LogP contribution in [0.5, 0.6) is 0 Å². The van der Waals surface area contributed by atoms with Crippen molar-refractivity contribution in [2.24, 2.45) is 4.99 Å². The van der Waals surface area contributed by atoms with Gasteiger partial charge in [0.15, 0.2) is 0 Å². The molecule has 0 aromatic heterocycles. The van der Waals surface area contributed by atoms with Crippen LogP contribution in [-0.2, 0) is 0 Å². The van der Waals surface area contributed by atoms with E-state index in [0.717, 1.165) is 44.8 Å². The molecular weight excluding hydrogens is 687 g/mol. The van der Waals surface area contributed by atoms with Crippen LogP contribution in [0, 0.1) is 0 Å². The first-order chi connectivity index (χ1) is 28.1. The summed E-state index contributed by atoms with van der Waals surface area (Å²) < 4.78 is 0. The van der Waals surface area contributed by atoms with Crippen molar-refractivity contribution in [3.63, 3.8) is 0 Å². The zero-order valence-corrected chi connectivity index (χ0v) is 31.6. The van der Waals surface area contributed by atoms with Crippen molar-refractivity contribution in [2.45, 2.75) is 6.92 Å². The summed E-state index contributed by atoms with van der Waals surface area (Å²) in [7, 11) is 0. The molecule has 11 rings (SSSR count). The highest BCUT2D eigenvalue weighted by Crippen LogP contribution is 2.48. The minimum atomic E-state index is 0.922. The highest BCUT2D eigenvalue weighted by Gasteiger charge is 2.22. The standard InChI is InChI=1S/C56H37N/c1-35-41-19-7-9-23-46(41)47-24-10-8-20-43(47)36(2)57-54-34-40(29-31-42(35)54)39-30-32-52-53(33-39)56(49-28-14-18-38-16-4-6-22-45(38)49)51-26-12-11-25-50(51)55(52)48-27-13-17-37-15-3-5-21-44(37)48/h3-34H,1H2,2H3/b57-36+. The molecule has 1 heteroatoms. The Labute approximate surface area is 332 Å². The number of rotatable bonds is 3. The molecule has 0 saturated carbocycles. The molecule has 1 aliphatic rings. The van der Waals surface area contributed by atoms with Gasteiger partial charge >= 0.3 is 0 Å². The molecule has 266 valence electrons. The number of fused-ring (bicyclic) bond motifs is 8. The van der Waals surface area contributed by atoms with Crippen LogP contribution in [0.3, 0.4) is 0 Å². The predicted molar refractivity (Wildman–Crippen MR) is 245 cm³/mol. The molecule has 0 N–H and O–H groups in total. The van der Waals surface area contributed by atoms with Crippen LogP contribution < -0.4 is 0 Å². The average Bonchev–Trinajstić information content (AvgIpc) is 3.30. The van der Waals surface area contributed by atoms with Gasteiger partial charge in [-0.25, -0.2) is 0 Å². The number of benzene rings is 10. The second kappa shape index (κ2) is 13.2. The topological polar surface area (TPSA) is 12.4 Å². The van der Waals surface area contributed by atoms with Gasteiger partial charge in [0.2, 0.25) is 0 Å². The van der Waals surface area contributed by atoms with Gasteiger partial charge in [-0.05, 0) is 118 Å². The Balaban J connectivity index is 1.20. The van der Waals surface area contributed by atoms with Crippen molar-refractivity contribution in [2.75, 3.05) is 0 Å². The van der Waals surface area contributed by atoms with Crippen molar-refractivity contribution in [3.05, 3.63) is 217 Å². The van der Waals surface area contributed by atoms with E-state index in [4.69, 9.17) is 4.99 Å². The van der Waals surface area contributed by atoms with E-state index in [2.05, 4.69) is 208 Å². The van der Waals surface area contributed by atoms with Crippen LogP contribution in [0.1, 0.15) is 23.6 Å². The van der Waals surface area contributed by atoms with Crippen LogP contribution >= 0.6 is 0 Å². The van der Waals surface area contributed by atoms with E-state index < -0.39 is 0 Å². The normalized spacial score (nSPS) is 13.4. The second-order valence-electron chi connectivity index (χ2n) is 15.1. The number of aliphatic imine (C=N–C) groups is 1. The first-order valence-corrected chi connectivity index (χ1v) is 19.7. The molecule has 1 aliphatic heterocycles. The molecule has 0 radical (unpaired) electrons. The van der Waals surface area contributed by atoms with E-state index in [1.807, 2.05) is 0 Å². The SMILES string of the molecule is C=C1c2ccc(-c3ccc4c(-c5cccc6ccccc56)c5ccccc5c(-c5cccc6ccccc56)c4c3)cc2/N=C(\C)c2ccccc2-c2ccccc21. The highest BCUT2D eigenvalue weighted by atomic mass is 14.8. The van der Waals surface area contributed by atoms with E-state index in [0.29, 0.717) is 0 Å². The lowest BCUT2D eigenvalue weighted by molar-refractivity contribution is 1.45. The summed E-state index contributed by atoms with van der Waals surface area (Å²) in [4.78, 5) is 5.36. The maximum atomic E-state index is 5.36. The molecule has 0 unspecified atom stereocenters. The van der Waals surface area contributed by atoms with Gasteiger partial charge in [-0.3, -0.25) is 4.99 Å². The minimum absolute atomic E-state index is 0.922. The molecule has 0 aliphatic carbocycles. The van der Waals surface area contributed by atoms with Gasteiger partial charge in [0.1, 0.15) is 0 Å². The first-order valence-electron chi connectivity index (χ1n) is 19.7. The smallest absolute Gasteiger partial charge is 0.0717 e. The Morgan fingerprint density at radius 2 is 0.772 bits per heavy atom. The lowest BCUT2D eigenvalue weighted by Gasteiger charge is -2.20. The Kier molecular flexibility index (Phi) is 7.62. The maximum absolute atomic E-state index is 5.36. The molecule has 0 saturated heterocycles. The molecule has 0 atom stereocenters. The third kappa shape index (κ3) is 5.28.